The first-order valence-electron chi connectivity index (χ1n) is 11.9. The second kappa shape index (κ2) is 10.5. The number of nitrogens with zero attached hydrogens (tertiary/aromatic N) is 3. The number of aliphatic hydroxyl groups excluding tert-OH is 3. The van der Waals surface area contributed by atoms with Crippen LogP contribution in [0, 0.1) is 0 Å². The van der Waals surface area contributed by atoms with Crippen molar-refractivity contribution in [3.05, 3.63) is 34.9 Å². The van der Waals surface area contributed by atoms with Crippen molar-refractivity contribution >= 4 is 0 Å². The SMILES string of the molecule is OC[C@@H]1CCCN1Cc1cc(CN2CCC[C@H]2CO)cc(CN2CCC[C@H]2CO)c1. The average molecular weight is 418 g/mol. The van der Waals surface area contributed by atoms with Crippen molar-refractivity contribution in [2.75, 3.05) is 39.5 Å². The normalized spacial score (nSPS) is 28.7. The van der Waals surface area contributed by atoms with Crippen LogP contribution in [0.3, 0.4) is 0 Å². The summed E-state index contributed by atoms with van der Waals surface area (Å²) in [5.74, 6) is 0. The Morgan fingerprint density at radius 1 is 0.567 bits per heavy atom. The molecule has 0 aliphatic carbocycles. The maximum Gasteiger partial charge on any atom is 0.0587 e. The summed E-state index contributed by atoms with van der Waals surface area (Å²) in [6.07, 6.45) is 6.74. The second-order valence-corrected chi connectivity index (χ2v) is 9.51. The lowest BCUT2D eigenvalue weighted by molar-refractivity contribution is 0.150. The standard InChI is InChI=1S/C24H39N3O3/c28-16-22-4-1-7-25(22)13-19-10-20(14-26-8-2-5-23(26)17-29)12-21(11-19)15-27-9-3-6-24(27)18-30/h10-12,22-24,28-30H,1-9,13-18H2/t22-,23-,24-/m0/s1. The molecule has 4 rings (SSSR count). The molecular weight excluding hydrogens is 378 g/mol. The molecule has 0 spiro atoms. The van der Waals surface area contributed by atoms with Crippen LogP contribution in [0.1, 0.15) is 55.2 Å². The lowest BCUT2D eigenvalue weighted by Gasteiger charge is -2.27. The van der Waals surface area contributed by atoms with Gasteiger partial charge in [-0.15, -0.1) is 0 Å². The van der Waals surface area contributed by atoms with Crippen LogP contribution in [-0.4, -0.2) is 87.6 Å². The molecule has 3 N–H and O–H groups in total. The summed E-state index contributed by atoms with van der Waals surface area (Å²) in [5, 5.41) is 29.1. The fourth-order valence-corrected chi connectivity index (χ4v) is 5.75. The monoisotopic (exact) mass is 417 g/mol. The zero-order valence-corrected chi connectivity index (χ0v) is 18.3. The Kier molecular flexibility index (Phi) is 7.79. The highest BCUT2D eigenvalue weighted by atomic mass is 16.3. The topological polar surface area (TPSA) is 70.4 Å². The van der Waals surface area contributed by atoms with Crippen LogP contribution in [0.15, 0.2) is 18.2 Å². The molecule has 0 aromatic heterocycles. The van der Waals surface area contributed by atoms with Gasteiger partial charge in [0.1, 0.15) is 0 Å². The molecule has 0 saturated carbocycles. The molecule has 168 valence electrons. The van der Waals surface area contributed by atoms with E-state index in [0.717, 1.165) is 77.8 Å². The Hall–Kier alpha value is -1.02. The van der Waals surface area contributed by atoms with Gasteiger partial charge in [-0.2, -0.15) is 0 Å². The number of benzene rings is 1. The third-order valence-corrected chi connectivity index (χ3v) is 7.40. The summed E-state index contributed by atoms with van der Waals surface area (Å²) in [6, 6.07) is 7.84. The van der Waals surface area contributed by atoms with Gasteiger partial charge >= 0.3 is 0 Å². The van der Waals surface area contributed by atoms with E-state index in [1.54, 1.807) is 0 Å². The van der Waals surface area contributed by atoms with Gasteiger partial charge in [0, 0.05) is 37.8 Å². The quantitative estimate of drug-likeness (QED) is 0.567. The highest BCUT2D eigenvalue weighted by Gasteiger charge is 2.27. The van der Waals surface area contributed by atoms with Crippen molar-refractivity contribution in [1.82, 2.24) is 14.7 Å². The van der Waals surface area contributed by atoms with Crippen molar-refractivity contribution < 1.29 is 15.3 Å². The lowest BCUT2D eigenvalue weighted by Crippen LogP contribution is -2.33. The van der Waals surface area contributed by atoms with E-state index in [9.17, 15) is 15.3 Å². The molecular formula is C24H39N3O3. The summed E-state index contributed by atoms with van der Waals surface area (Å²) in [6.45, 7) is 6.56. The van der Waals surface area contributed by atoms with Crippen LogP contribution >= 0.6 is 0 Å². The van der Waals surface area contributed by atoms with E-state index in [1.807, 2.05) is 0 Å². The zero-order valence-electron chi connectivity index (χ0n) is 18.3. The minimum absolute atomic E-state index is 0.241. The third kappa shape index (κ3) is 5.23. The molecule has 0 amide bonds. The van der Waals surface area contributed by atoms with Crippen LogP contribution in [-0.2, 0) is 19.6 Å². The van der Waals surface area contributed by atoms with Gasteiger partial charge < -0.3 is 15.3 Å². The maximum absolute atomic E-state index is 9.71. The highest BCUT2D eigenvalue weighted by Crippen LogP contribution is 2.26. The van der Waals surface area contributed by atoms with E-state index in [0.29, 0.717) is 0 Å². The van der Waals surface area contributed by atoms with Gasteiger partial charge in [0.05, 0.1) is 19.8 Å². The van der Waals surface area contributed by atoms with Crippen molar-refractivity contribution in [1.29, 1.82) is 0 Å². The van der Waals surface area contributed by atoms with Gasteiger partial charge in [-0.3, -0.25) is 14.7 Å². The highest BCUT2D eigenvalue weighted by molar-refractivity contribution is 5.31. The molecule has 1 aromatic rings. The second-order valence-electron chi connectivity index (χ2n) is 9.51. The van der Waals surface area contributed by atoms with Crippen molar-refractivity contribution in [2.45, 2.75) is 76.3 Å². The summed E-state index contributed by atoms with van der Waals surface area (Å²) in [4.78, 5) is 7.25. The van der Waals surface area contributed by atoms with E-state index in [2.05, 4.69) is 32.9 Å². The largest absolute Gasteiger partial charge is 0.395 e. The molecule has 0 unspecified atom stereocenters. The number of hydrogen-bond donors (Lipinski definition) is 3. The van der Waals surface area contributed by atoms with Crippen molar-refractivity contribution in [2.24, 2.45) is 0 Å². The fraction of sp³-hybridized carbons (Fsp3) is 0.750. The lowest BCUT2D eigenvalue weighted by atomic mass is 10.0. The average Bonchev–Trinajstić information content (AvgIpc) is 3.48. The van der Waals surface area contributed by atoms with Gasteiger partial charge in [-0.25, -0.2) is 0 Å². The molecule has 1 aromatic carbocycles. The summed E-state index contributed by atoms with van der Waals surface area (Å²) >= 11 is 0. The number of aliphatic hydroxyl groups is 3. The van der Waals surface area contributed by atoms with Crippen LogP contribution in [0.25, 0.3) is 0 Å². The first kappa shape index (κ1) is 22.2. The van der Waals surface area contributed by atoms with Gasteiger partial charge in [0.2, 0.25) is 0 Å². The smallest absolute Gasteiger partial charge is 0.0587 e. The Labute approximate surface area is 181 Å². The van der Waals surface area contributed by atoms with Gasteiger partial charge in [0.25, 0.3) is 0 Å². The van der Waals surface area contributed by atoms with E-state index in [-0.39, 0.29) is 37.9 Å². The molecule has 3 atom stereocenters. The molecule has 3 heterocycles. The molecule has 3 saturated heterocycles. The summed E-state index contributed by atoms with van der Waals surface area (Å²) < 4.78 is 0. The molecule has 6 nitrogen and oxygen atoms in total. The van der Waals surface area contributed by atoms with Crippen molar-refractivity contribution in [3.63, 3.8) is 0 Å². The molecule has 0 bridgehead atoms. The van der Waals surface area contributed by atoms with Crippen LogP contribution < -0.4 is 0 Å². The molecule has 3 fully saturated rings. The molecule has 6 heteroatoms. The summed E-state index contributed by atoms with van der Waals surface area (Å²) in [7, 11) is 0. The van der Waals surface area contributed by atoms with Gasteiger partial charge in [-0.1, -0.05) is 18.2 Å². The predicted molar refractivity (Wildman–Crippen MR) is 118 cm³/mol. The Morgan fingerprint density at radius 2 is 0.867 bits per heavy atom. The minimum Gasteiger partial charge on any atom is -0.395 e. The minimum atomic E-state index is 0.241. The van der Waals surface area contributed by atoms with Crippen molar-refractivity contribution in [3.8, 4) is 0 Å². The number of likely N-dealkylation sites (tertiary alicyclic amines) is 3. The first-order valence-corrected chi connectivity index (χ1v) is 11.9. The van der Waals surface area contributed by atoms with Gasteiger partial charge in [0.15, 0.2) is 0 Å². The van der Waals surface area contributed by atoms with E-state index < -0.39 is 0 Å². The maximum atomic E-state index is 9.71. The molecule has 30 heavy (non-hydrogen) atoms. The van der Waals surface area contributed by atoms with Crippen LogP contribution in [0.5, 0.6) is 0 Å². The number of hydrogen-bond acceptors (Lipinski definition) is 6. The Bertz CT molecular complexity index is 583. The van der Waals surface area contributed by atoms with E-state index >= 15 is 0 Å². The number of rotatable bonds is 9. The Balaban J connectivity index is 1.53. The molecule has 3 aliphatic rings. The third-order valence-electron chi connectivity index (χ3n) is 7.40. The Morgan fingerprint density at radius 3 is 1.13 bits per heavy atom. The molecule has 0 radical (unpaired) electrons. The molecule has 3 aliphatic heterocycles. The van der Waals surface area contributed by atoms with Gasteiger partial charge in [-0.05, 0) is 74.8 Å². The summed E-state index contributed by atoms with van der Waals surface area (Å²) in [5.41, 5.74) is 3.96. The van der Waals surface area contributed by atoms with E-state index in [4.69, 9.17) is 0 Å². The zero-order chi connectivity index (χ0) is 20.9. The fourth-order valence-electron chi connectivity index (χ4n) is 5.75. The predicted octanol–water partition coefficient (Wildman–Crippen LogP) is 1.56. The first-order chi connectivity index (χ1) is 14.7. The van der Waals surface area contributed by atoms with E-state index in [1.165, 1.54) is 16.7 Å². The van der Waals surface area contributed by atoms with Crippen LogP contribution in [0.2, 0.25) is 0 Å². The van der Waals surface area contributed by atoms with Crippen LogP contribution in [0.4, 0.5) is 0 Å².